The van der Waals surface area contributed by atoms with Crippen LogP contribution in [0.1, 0.15) is 5.69 Å². The number of pyridine rings is 1. The average molecular weight is 292 g/mol. The maximum absolute atomic E-state index is 5.15. The Morgan fingerprint density at radius 1 is 1.00 bits per heavy atom. The van der Waals surface area contributed by atoms with Crippen molar-refractivity contribution in [3.05, 3.63) is 60.4 Å². The summed E-state index contributed by atoms with van der Waals surface area (Å²) in [5.41, 5.74) is 2.57. The molecular formula is C17H16N4O. The molecule has 0 aliphatic heterocycles. The van der Waals surface area contributed by atoms with Crippen LogP contribution >= 0.6 is 0 Å². The Morgan fingerprint density at radius 3 is 2.50 bits per heavy atom. The van der Waals surface area contributed by atoms with Gasteiger partial charge in [0.25, 0.3) is 0 Å². The number of ether oxygens (including phenoxy) is 1. The summed E-state index contributed by atoms with van der Waals surface area (Å²) in [4.78, 5) is 13.3. The highest BCUT2D eigenvalue weighted by Gasteiger charge is 2.06. The van der Waals surface area contributed by atoms with Gasteiger partial charge in [0.2, 0.25) is 0 Å². The fourth-order valence-corrected chi connectivity index (χ4v) is 2.06. The molecule has 5 heteroatoms. The zero-order chi connectivity index (χ0) is 15.4. The number of hydrogen-bond donors (Lipinski definition) is 1. The van der Waals surface area contributed by atoms with E-state index in [9.17, 15) is 0 Å². The van der Waals surface area contributed by atoms with Crippen molar-refractivity contribution in [2.45, 2.75) is 6.92 Å². The Balaban J connectivity index is 1.89. The lowest BCUT2D eigenvalue weighted by Gasteiger charge is -2.09. The van der Waals surface area contributed by atoms with Crippen molar-refractivity contribution in [1.82, 2.24) is 15.0 Å². The van der Waals surface area contributed by atoms with Gasteiger partial charge in [0.1, 0.15) is 17.3 Å². The van der Waals surface area contributed by atoms with E-state index in [4.69, 9.17) is 4.74 Å². The van der Waals surface area contributed by atoms with Gasteiger partial charge in [-0.05, 0) is 43.3 Å². The predicted molar refractivity (Wildman–Crippen MR) is 86.3 cm³/mol. The predicted octanol–water partition coefficient (Wildman–Crippen LogP) is 3.60. The van der Waals surface area contributed by atoms with E-state index in [0.29, 0.717) is 5.82 Å². The third-order valence-corrected chi connectivity index (χ3v) is 3.11. The minimum atomic E-state index is 0.608. The lowest BCUT2D eigenvalue weighted by Crippen LogP contribution is -2.00. The summed E-state index contributed by atoms with van der Waals surface area (Å²) in [5, 5.41) is 3.27. The van der Waals surface area contributed by atoms with Gasteiger partial charge in [-0.3, -0.25) is 4.98 Å². The summed E-state index contributed by atoms with van der Waals surface area (Å²) < 4.78 is 5.15. The molecule has 0 aliphatic rings. The van der Waals surface area contributed by atoms with Gasteiger partial charge in [-0.25, -0.2) is 9.97 Å². The van der Waals surface area contributed by atoms with E-state index < -0.39 is 0 Å². The molecular weight excluding hydrogens is 276 g/mol. The van der Waals surface area contributed by atoms with Crippen LogP contribution in [0.15, 0.2) is 54.7 Å². The fraction of sp³-hybridized carbons (Fsp3) is 0.118. The normalized spacial score (nSPS) is 10.3. The van der Waals surface area contributed by atoms with Crippen LogP contribution in [-0.2, 0) is 0 Å². The number of aromatic nitrogens is 3. The Labute approximate surface area is 129 Å². The van der Waals surface area contributed by atoms with Gasteiger partial charge in [-0.15, -0.1) is 0 Å². The fourth-order valence-electron chi connectivity index (χ4n) is 2.06. The van der Waals surface area contributed by atoms with E-state index in [1.807, 2.05) is 55.5 Å². The molecule has 0 atom stereocenters. The third kappa shape index (κ3) is 3.20. The van der Waals surface area contributed by atoms with Crippen molar-refractivity contribution >= 4 is 11.5 Å². The molecule has 0 saturated carbocycles. The topological polar surface area (TPSA) is 59.9 Å². The molecule has 0 unspecified atom stereocenters. The van der Waals surface area contributed by atoms with Crippen molar-refractivity contribution in [3.8, 4) is 17.3 Å². The lowest BCUT2D eigenvalue weighted by atomic mass is 10.3. The second-order valence-electron chi connectivity index (χ2n) is 4.79. The number of rotatable bonds is 4. The first-order chi connectivity index (χ1) is 10.7. The molecule has 0 saturated heterocycles. The number of hydrogen-bond acceptors (Lipinski definition) is 5. The Bertz CT molecular complexity index is 757. The molecule has 22 heavy (non-hydrogen) atoms. The minimum absolute atomic E-state index is 0.608. The van der Waals surface area contributed by atoms with Crippen LogP contribution in [0.4, 0.5) is 11.5 Å². The monoisotopic (exact) mass is 292 g/mol. The molecule has 0 fully saturated rings. The molecule has 0 spiro atoms. The van der Waals surface area contributed by atoms with Crippen molar-refractivity contribution in [2.24, 2.45) is 0 Å². The summed E-state index contributed by atoms with van der Waals surface area (Å²) in [6.45, 7) is 1.94. The zero-order valence-electron chi connectivity index (χ0n) is 12.4. The Morgan fingerprint density at radius 2 is 1.82 bits per heavy atom. The molecule has 3 rings (SSSR count). The van der Waals surface area contributed by atoms with Gasteiger partial charge in [0.15, 0.2) is 5.82 Å². The summed E-state index contributed by atoms with van der Waals surface area (Å²) in [5.74, 6) is 2.16. The van der Waals surface area contributed by atoms with E-state index in [1.54, 1.807) is 13.3 Å². The highest BCUT2D eigenvalue weighted by molar-refractivity contribution is 5.60. The van der Waals surface area contributed by atoms with Crippen molar-refractivity contribution in [2.75, 3.05) is 12.4 Å². The molecule has 3 aromatic rings. The van der Waals surface area contributed by atoms with Crippen LogP contribution in [0.25, 0.3) is 11.5 Å². The molecule has 0 bridgehead atoms. The maximum Gasteiger partial charge on any atom is 0.180 e. The van der Waals surface area contributed by atoms with E-state index >= 15 is 0 Å². The first kappa shape index (κ1) is 14.0. The van der Waals surface area contributed by atoms with Crippen molar-refractivity contribution < 1.29 is 4.74 Å². The van der Waals surface area contributed by atoms with Crippen LogP contribution in [0, 0.1) is 6.92 Å². The molecule has 0 aliphatic carbocycles. The Kier molecular flexibility index (Phi) is 3.96. The SMILES string of the molecule is COc1ccc(Nc2cc(C)nc(-c3ccccn3)n2)cc1. The summed E-state index contributed by atoms with van der Waals surface area (Å²) >= 11 is 0. The average Bonchev–Trinajstić information content (AvgIpc) is 2.56. The van der Waals surface area contributed by atoms with Gasteiger partial charge in [0.05, 0.1) is 7.11 Å². The molecule has 1 N–H and O–H groups in total. The minimum Gasteiger partial charge on any atom is -0.497 e. The highest BCUT2D eigenvalue weighted by Crippen LogP contribution is 2.21. The van der Waals surface area contributed by atoms with Gasteiger partial charge >= 0.3 is 0 Å². The van der Waals surface area contributed by atoms with Crippen LogP contribution in [-0.4, -0.2) is 22.1 Å². The summed E-state index contributed by atoms with van der Waals surface area (Å²) in [6.07, 6.45) is 1.73. The van der Waals surface area contributed by atoms with Crippen LogP contribution in [0.3, 0.4) is 0 Å². The number of nitrogens with zero attached hydrogens (tertiary/aromatic N) is 3. The first-order valence-electron chi connectivity index (χ1n) is 6.93. The quantitative estimate of drug-likeness (QED) is 0.796. The van der Waals surface area contributed by atoms with E-state index in [-0.39, 0.29) is 0 Å². The summed E-state index contributed by atoms with van der Waals surface area (Å²) in [7, 11) is 1.65. The van der Waals surface area contributed by atoms with Gasteiger partial charge in [0, 0.05) is 23.6 Å². The van der Waals surface area contributed by atoms with Gasteiger partial charge in [-0.1, -0.05) is 6.07 Å². The molecule has 0 amide bonds. The number of anilines is 2. The zero-order valence-corrected chi connectivity index (χ0v) is 12.4. The third-order valence-electron chi connectivity index (χ3n) is 3.11. The standard InChI is InChI=1S/C17H16N4O/c1-12-11-16(20-13-6-8-14(22-2)9-7-13)21-17(19-12)15-5-3-4-10-18-15/h3-11H,1-2H3,(H,19,20,21). The molecule has 0 radical (unpaired) electrons. The largest absolute Gasteiger partial charge is 0.497 e. The second kappa shape index (κ2) is 6.22. The van der Waals surface area contributed by atoms with E-state index in [1.165, 1.54) is 0 Å². The van der Waals surface area contributed by atoms with Gasteiger partial charge in [-0.2, -0.15) is 0 Å². The maximum atomic E-state index is 5.15. The van der Waals surface area contributed by atoms with E-state index in [0.717, 1.165) is 28.6 Å². The van der Waals surface area contributed by atoms with Crippen molar-refractivity contribution in [3.63, 3.8) is 0 Å². The molecule has 1 aromatic carbocycles. The van der Waals surface area contributed by atoms with E-state index in [2.05, 4.69) is 20.3 Å². The smallest absolute Gasteiger partial charge is 0.180 e. The number of aryl methyl sites for hydroxylation is 1. The first-order valence-corrected chi connectivity index (χ1v) is 6.93. The van der Waals surface area contributed by atoms with Crippen LogP contribution < -0.4 is 10.1 Å². The van der Waals surface area contributed by atoms with Crippen molar-refractivity contribution in [1.29, 1.82) is 0 Å². The lowest BCUT2D eigenvalue weighted by molar-refractivity contribution is 0.415. The van der Waals surface area contributed by atoms with Crippen LogP contribution in [0.5, 0.6) is 5.75 Å². The molecule has 110 valence electrons. The highest BCUT2D eigenvalue weighted by atomic mass is 16.5. The summed E-state index contributed by atoms with van der Waals surface area (Å²) in [6, 6.07) is 15.3. The molecule has 2 heterocycles. The molecule has 2 aromatic heterocycles. The van der Waals surface area contributed by atoms with Crippen LogP contribution in [0.2, 0.25) is 0 Å². The van der Waals surface area contributed by atoms with Gasteiger partial charge < -0.3 is 10.1 Å². The number of methoxy groups -OCH3 is 1. The number of nitrogens with one attached hydrogen (secondary N) is 1. The second-order valence-corrected chi connectivity index (χ2v) is 4.79. The Hall–Kier alpha value is -2.95. The molecule has 5 nitrogen and oxygen atoms in total. The number of benzene rings is 1.